The zero-order valence-corrected chi connectivity index (χ0v) is 11.4. The van der Waals surface area contributed by atoms with Crippen molar-refractivity contribution in [3.8, 4) is 0 Å². The molecule has 0 fully saturated rings. The van der Waals surface area contributed by atoms with Crippen LogP contribution in [0.2, 0.25) is 0 Å². The van der Waals surface area contributed by atoms with Gasteiger partial charge in [0.2, 0.25) is 0 Å². The van der Waals surface area contributed by atoms with E-state index in [1.165, 1.54) is 5.57 Å². The maximum Gasteiger partial charge on any atom is 0.144 e. The molecule has 0 aliphatic heterocycles. The van der Waals surface area contributed by atoms with Crippen LogP contribution in [-0.2, 0) is 11.0 Å². The summed E-state index contributed by atoms with van der Waals surface area (Å²) in [6.07, 6.45) is 7.09. The van der Waals surface area contributed by atoms with Crippen molar-refractivity contribution in [3.63, 3.8) is 0 Å². The summed E-state index contributed by atoms with van der Waals surface area (Å²) in [5.41, 5.74) is 1.18. The van der Waals surface area contributed by atoms with Gasteiger partial charge in [0.25, 0.3) is 0 Å². The van der Waals surface area contributed by atoms with Crippen LogP contribution in [0.25, 0.3) is 0 Å². The van der Waals surface area contributed by atoms with Gasteiger partial charge < -0.3 is 0 Å². The molecule has 0 aliphatic rings. The first-order valence-corrected chi connectivity index (χ1v) is 6.67. The summed E-state index contributed by atoms with van der Waals surface area (Å²) in [5, 5.41) is 0. The molecule has 0 aromatic carbocycles. The van der Waals surface area contributed by atoms with Gasteiger partial charge >= 0.3 is 0 Å². The summed E-state index contributed by atoms with van der Waals surface area (Å²) in [7, 11) is -1.14. The van der Waals surface area contributed by atoms with Gasteiger partial charge in [-0.1, -0.05) is 26.3 Å². The summed E-state index contributed by atoms with van der Waals surface area (Å²) in [5.74, 6) is 0. The lowest BCUT2D eigenvalue weighted by atomic mass is 10.2. The molecule has 0 aromatic rings. The fourth-order valence-electron chi connectivity index (χ4n) is 0.892. The fraction of sp³-hybridized carbons (Fsp3) is 0.750. The molecule has 15 heavy (non-hydrogen) atoms. The summed E-state index contributed by atoms with van der Waals surface area (Å²) < 4.78 is 15.5. The Balaban J connectivity index is 4.42. The van der Waals surface area contributed by atoms with E-state index >= 15 is 0 Å². The molecular formula is C12H23NOS. The quantitative estimate of drug-likeness (QED) is 0.662. The average molecular weight is 229 g/mol. The van der Waals surface area contributed by atoms with E-state index in [9.17, 15) is 4.21 Å². The smallest absolute Gasteiger partial charge is 0.144 e. The highest BCUT2D eigenvalue weighted by Crippen LogP contribution is 2.12. The fourth-order valence-corrected chi connectivity index (χ4v) is 1.44. The molecule has 3 heteroatoms. The van der Waals surface area contributed by atoms with E-state index in [-0.39, 0.29) is 4.75 Å². The van der Waals surface area contributed by atoms with Crippen molar-refractivity contribution in [2.24, 2.45) is 4.40 Å². The topological polar surface area (TPSA) is 29.4 Å². The van der Waals surface area contributed by atoms with Crippen LogP contribution in [0, 0.1) is 0 Å². The lowest BCUT2D eigenvalue weighted by molar-refractivity contribution is 0.651. The second-order valence-corrected chi connectivity index (χ2v) is 6.45. The van der Waals surface area contributed by atoms with E-state index in [4.69, 9.17) is 0 Å². The third kappa shape index (κ3) is 6.61. The Morgan fingerprint density at radius 3 is 2.33 bits per heavy atom. The van der Waals surface area contributed by atoms with Crippen LogP contribution in [0.15, 0.2) is 16.0 Å². The van der Waals surface area contributed by atoms with Crippen LogP contribution in [-0.4, -0.2) is 15.2 Å². The SMILES string of the molecule is CCC/C=C(/C=N/S(=O)C(C)(C)C)CC. The molecule has 0 aromatic heterocycles. The van der Waals surface area contributed by atoms with Gasteiger partial charge in [-0.25, -0.2) is 4.21 Å². The zero-order chi connectivity index (χ0) is 11.9. The summed E-state index contributed by atoms with van der Waals surface area (Å²) in [4.78, 5) is 0. The molecule has 0 spiro atoms. The molecule has 0 heterocycles. The lowest BCUT2D eigenvalue weighted by Gasteiger charge is -2.12. The van der Waals surface area contributed by atoms with Crippen molar-refractivity contribution in [3.05, 3.63) is 11.6 Å². The van der Waals surface area contributed by atoms with E-state index < -0.39 is 11.0 Å². The Bertz CT molecular complexity index is 261. The minimum absolute atomic E-state index is 0.264. The van der Waals surface area contributed by atoms with Gasteiger partial charge in [0.05, 0.1) is 4.75 Å². The van der Waals surface area contributed by atoms with Gasteiger partial charge in [0, 0.05) is 6.21 Å². The maximum absolute atomic E-state index is 11.6. The molecule has 0 amide bonds. The molecule has 0 radical (unpaired) electrons. The van der Waals surface area contributed by atoms with Crippen molar-refractivity contribution in [1.29, 1.82) is 0 Å². The molecule has 0 rings (SSSR count). The van der Waals surface area contributed by atoms with Crippen LogP contribution >= 0.6 is 0 Å². The second kappa shape index (κ2) is 6.94. The Morgan fingerprint density at radius 2 is 1.93 bits per heavy atom. The summed E-state index contributed by atoms with van der Waals surface area (Å²) >= 11 is 0. The van der Waals surface area contributed by atoms with Crippen LogP contribution in [0.5, 0.6) is 0 Å². The van der Waals surface area contributed by atoms with E-state index in [2.05, 4.69) is 24.3 Å². The van der Waals surface area contributed by atoms with E-state index in [1.54, 1.807) is 6.21 Å². The predicted molar refractivity (Wildman–Crippen MR) is 69.7 cm³/mol. The molecule has 0 bridgehead atoms. The Morgan fingerprint density at radius 1 is 1.33 bits per heavy atom. The van der Waals surface area contributed by atoms with Crippen LogP contribution in [0.4, 0.5) is 0 Å². The highest BCUT2D eigenvalue weighted by Gasteiger charge is 2.17. The number of hydrogen-bond acceptors (Lipinski definition) is 1. The molecule has 0 saturated heterocycles. The lowest BCUT2D eigenvalue weighted by Crippen LogP contribution is -2.19. The highest BCUT2D eigenvalue weighted by molar-refractivity contribution is 7.85. The minimum Gasteiger partial charge on any atom is -0.234 e. The first-order chi connectivity index (χ1) is 6.91. The Kier molecular flexibility index (Phi) is 6.73. The van der Waals surface area contributed by atoms with E-state index in [0.717, 1.165) is 19.3 Å². The molecule has 0 saturated carbocycles. The number of nitrogens with zero attached hydrogens (tertiary/aromatic N) is 1. The van der Waals surface area contributed by atoms with Gasteiger partial charge in [-0.2, -0.15) is 4.40 Å². The first kappa shape index (κ1) is 14.6. The van der Waals surface area contributed by atoms with Gasteiger partial charge in [0.1, 0.15) is 11.0 Å². The van der Waals surface area contributed by atoms with Gasteiger partial charge in [0.15, 0.2) is 0 Å². The monoisotopic (exact) mass is 229 g/mol. The molecule has 1 atom stereocenters. The molecule has 0 aliphatic carbocycles. The van der Waals surface area contributed by atoms with Crippen LogP contribution in [0.1, 0.15) is 53.9 Å². The van der Waals surface area contributed by atoms with Crippen molar-refractivity contribution in [1.82, 2.24) is 0 Å². The number of hydrogen-bond donors (Lipinski definition) is 0. The molecule has 0 N–H and O–H groups in total. The molecule has 1 unspecified atom stereocenters. The number of allylic oxidation sites excluding steroid dienone is 2. The van der Waals surface area contributed by atoms with Gasteiger partial charge in [-0.05, 0) is 39.2 Å². The normalized spacial score (nSPS) is 15.9. The maximum atomic E-state index is 11.6. The van der Waals surface area contributed by atoms with Crippen LogP contribution < -0.4 is 0 Å². The largest absolute Gasteiger partial charge is 0.234 e. The van der Waals surface area contributed by atoms with E-state index in [0.29, 0.717) is 0 Å². The van der Waals surface area contributed by atoms with Crippen molar-refractivity contribution >= 4 is 17.2 Å². The second-order valence-electron chi connectivity index (χ2n) is 4.52. The standard InChI is InChI=1S/C12H23NOS/c1-6-8-9-11(7-2)10-13-15(14)12(3,4)5/h9-10H,6-8H2,1-5H3/b11-9+,13-10+. The first-order valence-electron chi connectivity index (χ1n) is 5.56. The zero-order valence-electron chi connectivity index (χ0n) is 10.5. The van der Waals surface area contributed by atoms with Crippen molar-refractivity contribution in [2.45, 2.75) is 58.6 Å². The summed E-state index contributed by atoms with van der Waals surface area (Å²) in [6, 6.07) is 0. The molecule has 88 valence electrons. The van der Waals surface area contributed by atoms with E-state index in [1.807, 2.05) is 20.8 Å². The third-order valence-corrected chi connectivity index (χ3v) is 3.29. The molecular weight excluding hydrogens is 206 g/mol. The minimum atomic E-state index is -1.14. The Hall–Kier alpha value is -0.440. The van der Waals surface area contributed by atoms with Gasteiger partial charge in [-0.15, -0.1) is 0 Å². The predicted octanol–water partition coefficient (Wildman–Crippen LogP) is 3.66. The summed E-state index contributed by atoms with van der Waals surface area (Å²) in [6.45, 7) is 10.0. The van der Waals surface area contributed by atoms with Crippen LogP contribution in [0.3, 0.4) is 0 Å². The molecule has 2 nitrogen and oxygen atoms in total. The van der Waals surface area contributed by atoms with Crippen molar-refractivity contribution in [2.75, 3.05) is 0 Å². The highest BCUT2D eigenvalue weighted by atomic mass is 32.2. The average Bonchev–Trinajstić information content (AvgIpc) is 2.16. The Labute approximate surface area is 96.5 Å². The number of unbranched alkanes of at least 4 members (excludes halogenated alkanes) is 1. The van der Waals surface area contributed by atoms with Crippen molar-refractivity contribution < 1.29 is 4.21 Å². The number of rotatable bonds is 5. The van der Waals surface area contributed by atoms with Gasteiger partial charge in [-0.3, -0.25) is 0 Å². The third-order valence-electron chi connectivity index (χ3n) is 1.94.